The van der Waals surface area contributed by atoms with Crippen molar-refractivity contribution in [1.82, 2.24) is 20.9 Å². The Labute approximate surface area is 115 Å². The monoisotopic (exact) mass is 276 g/mol. The Kier molecular flexibility index (Phi) is 11.8. The smallest absolute Gasteiger partial charge is 0.221 e. The lowest BCUT2D eigenvalue weighted by molar-refractivity contribution is -0.120. The van der Waals surface area contributed by atoms with E-state index >= 15 is 0 Å². The molecule has 1 amide bonds. The van der Waals surface area contributed by atoms with E-state index in [2.05, 4.69) is 20.9 Å². The van der Waals surface area contributed by atoms with Crippen LogP contribution in [0.3, 0.4) is 0 Å². The van der Waals surface area contributed by atoms with Crippen LogP contribution in [0.25, 0.3) is 0 Å². The number of nitrogens with zero attached hydrogens (tertiary/aromatic N) is 1. The quantitative estimate of drug-likeness (QED) is 0.208. The number of hydrogen-bond donors (Lipinski definition) is 5. The van der Waals surface area contributed by atoms with Crippen LogP contribution in [-0.2, 0) is 4.79 Å². The summed E-state index contributed by atoms with van der Waals surface area (Å²) in [7, 11) is 3.34. The van der Waals surface area contributed by atoms with E-state index in [0.717, 1.165) is 19.6 Å². The number of rotatable bonds is 12. The molecule has 0 bridgehead atoms. The summed E-state index contributed by atoms with van der Waals surface area (Å²) in [6, 6.07) is 0. The van der Waals surface area contributed by atoms with Gasteiger partial charge in [0, 0.05) is 46.2 Å². The molecule has 0 aliphatic carbocycles. The molecular formula is C12H28N4O3. The highest BCUT2D eigenvalue weighted by Gasteiger charge is 2.09. The molecule has 0 aromatic carbocycles. The number of nitrogens with one attached hydrogen (secondary N) is 3. The van der Waals surface area contributed by atoms with Crippen LogP contribution in [0.1, 0.15) is 12.8 Å². The van der Waals surface area contributed by atoms with Gasteiger partial charge in [-0.25, -0.2) is 0 Å². The SMILES string of the molecule is CNC(=O)CCN(CCNCCO)CCC(O)NC. The van der Waals surface area contributed by atoms with E-state index in [-0.39, 0.29) is 12.5 Å². The highest BCUT2D eigenvalue weighted by Crippen LogP contribution is 1.96. The average Bonchev–Trinajstić information content (AvgIpc) is 2.44. The zero-order chi connectivity index (χ0) is 14.5. The van der Waals surface area contributed by atoms with Crippen LogP contribution >= 0.6 is 0 Å². The van der Waals surface area contributed by atoms with Gasteiger partial charge in [0.15, 0.2) is 0 Å². The lowest BCUT2D eigenvalue weighted by Crippen LogP contribution is -2.38. The minimum Gasteiger partial charge on any atom is -0.395 e. The van der Waals surface area contributed by atoms with Crippen molar-refractivity contribution in [1.29, 1.82) is 0 Å². The van der Waals surface area contributed by atoms with Crippen molar-refractivity contribution in [3.63, 3.8) is 0 Å². The molecule has 19 heavy (non-hydrogen) atoms. The molecule has 7 nitrogen and oxygen atoms in total. The van der Waals surface area contributed by atoms with Gasteiger partial charge in [0.05, 0.1) is 6.61 Å². The fourth-order valence-electron chi connectivity index (χ4n) is 1.61. The van der Waals surface area contributed by atoms with Gasteiger partial charge in [-0.2, -0.15) is 0 Å². The molecule has 0 aliphatic rings. The summed E-state index contributed by atoms with van der Waals surface area (Å²) in [5, 5.41) is 26.6. The zero-order valence-corrected chi connectivity index (χ0v) is 12.0. The van der Waals surface area contributed by atoms with Gasteiger partial charge in [0.25, 0.3) is 0 Å². The normalized spacial score (nSPS) is 12.7. The molecule has 0 rings (SSSR count). The lowest BCUT2D eigenvalue weighted by Gasteiger charge is -2.23. The van der Waals surface area contributed by atoms with Crippen molar-refractivity contribution < 1.29 is 15.0 Å². The average molecular weight is 276 g/mol. The molecule has 0 radical (unpaired) electrons. The molecule has 7 heteroatoms. The Morgan fingerprint density at radius 3 is 2.53 bits per heavy atom. The van der Waals surface area contributed by atoms with Crippen LogP contribution in [0, 0.1) is 0 Å². The minimum atomic E-state index is -0.520. The Bertz CT molecular complexity index is 229. The predicted octanol–water partition coefficient (Wildman–Crippen LogP) is -2.07. The summed E-state index contributed by atoms with van der Waals surface area (Å²) in [5.74, 6) is 0.0162. The van der Waals surface area contributed by atoms with E-state index in [1.165, 1.54) is 0 Å². The summed E-state index contributed by atoms with van der Waals surface area (Å²) in [6.45, 7) is 3.62. The van der Waals surface area contributed by atoms with Gasteiger partial charge in [0.2, 0.25) is 5.91 Å². The standard InChI is InChI=1S/C12H28N4O3/c1-13-11(18)3-7-16(8-4-12(19)14-2)9-5-15-6-10-17/h11,13,15,17-18H,3-10H2,1-2H3,(H,14,19). The van der Waals surface area contributed by atoms with Crippen molar-refractivity contribution in [2.24, 2.45) is 0 Å². The molecular weight excluding hydrogens is 248 g/mol. The van der Waals surface area contributed by atoms with Gasteiger partial charge in [0.1, 0.15) is 6.23 Å². The Balaban J connectivity index is 3.95. The van der Waals surface area contributed by atoms with E-state index in [1.807, 2.05) is 0 Å². The Morgan fingerprint density at radius 1 is 1.21 bits per heavy atom. The maximum Gasteiger partial charge on any atom is 0.221 e. The maximum atomic E-state index is 11.2. The number of aliphatic hydroxyl groups excluding tert-OH is 2. The molecule has 5 N–H and O–H groups in total. The van der Waals surface area contributed by atoms with Gasteiger partial charge in [-0.3, -0.25) is 10.1 Å². The van der Waals surface area contributed by atoms with E-state index in [0.29, 0.717) is 25.9 Å². The van der Waals surface area contributed by atoms with E-state index < -0.39 is 6.23 Å². The summed E-state index contributed by atoms with van der Waals surface area (Å²) in [6.07, 6.45) is 0.545. The molecule has 0 heterocycles. The summed E-state index contributed by atoms with van der Waals surface area (Å²) < 4.78 is 0. The van der Waals surface area contributed by atoms with Crippen LogP contribution in [0.5, 0.6) is 0 Å². The Morgan fingerprint density at radius 2 is 1.95 bits per heavy atom. The third-order valence-electron chi connectivity index (χ3n) is 2.88. The number of carbonyl (C=O) groups excluding carboxylic acids is 1. The molecule has 0 saturated heterocycles. The van der Waals surface area contributed by atoms with Crippen LogP contribution in [0.2, 0.25) is 0 Å². The number of carbonyl (C=O) groups is 1. The lowest BCUT2D eigenvalue weighted by atomic mass is 10.3. The number of amides is 1. The van der Waals surface area contributed by atoms with Crippen LogP contribution in [0.15, 0.2) is 0 Å². The van der Waals surface area contributed by atoms with Gasteiger partial charge in [-0.1, -0.05) is 0 Å². The van der Waals surface area contributed by atoms with Crippen molar-refractivity contribution in [3.05, 3.63) is 0 Å². The molecule has 0 aromatic heterocycles. The van der Waals surface area contributed by atoms with Crippen molar-refractivity contribution >= 4 is 5.91 Å². The van der Waals surface area contributed by atoms with Gasteiger partial charge in [-0.15, -0.1) is 0 Å². The zero-order valence-electron chi connectivity index (χ0n) is 12.0. The van der Waals surface area contributed by atoms with Crippen molar-refractivity contribution in [3.8, 4) is 0 Å². The van der Waals surface area contributed by atoms with Crippen LogP contribution in [-0.4, -0.2) is 80.7 Å². The van der Waals surface area contributed by atoms with Crippen molar-refractivity contribution in [2.75, 3.05) is 53.4 Å². The molecule has 1 unspecified atom stereocenters. The first-order valence-corrected chi connectivity index (χ1v) is 6.73. The first-order valence-electron chi connectivity index (χ1n) is 6.73. The molecule has 1 atom stereocenters. The fraction of sp³-hybridized carbons (Fsp3) is 0.917. The van der Waals surface area contributed by atoms with Gasteiger partial charge < -0.3 is 25.7 Å². The number of hydrogen-bond acceptors (Lipinski definition) is 6. The van der Waals surface area contributed by atoms with Crippen LogP contribution in [0.4, 0.5) is 0 Å². The molecule has 114 valence electrons. The molecule has 0 aliphatic heterocycles. The largest absolute Gasteiger partial charge is 0.395 e. The number of aliphatic hydroxyl groups is 2. The highest BCUT2D eigenvalue weighted by atomic mass is 16.3. The molecule has 0 spiro atoms. The molecule has 0 saturated carbocycles. The second-order valence-electron chi connectivity index (χ2n) is 4.33. The highest BCUT2D eigenvalue weighted by molar-refractivity contribution is 5.75. The van der Waals surface area contributed by atoms with Crippen LogP contribution < -0.4 is 16.0 Å². The third-order valence-corrected chi connectivity index (χ3v) is 2.88. The van der Waals surface area contributed by atoms with E-state index in [1.54, 1.807) is 14.1 Å². The summed E-state index contributed by atoms with van der Waals surface area (Å²) in [5.41, 5.74) is 0. The second kappa shape index (κ2) is 12.3. The maximum absolute atomic E-state index is 11.2. The van der Waals surface area contributed by atoms with E-state index in [9.17, 15) is 9.90 Å². The molecule has 0 fully saturated rings. The van der Waals surface area contributed by atoms with E-state index in [4.69, 9.17) is 5.11 Å². The summed E-state index contributed by atoms with van der Waals surface area (Å²) in [4.78, 5) is 13.4. The van der Waals surface area contributed by atoms with Gasteiger partial charge in [-0.05, 0) is 13.5 Å². The first kappa shape index (κ1) is 18.3. The van der Waals surface area contributed by atoms with Crippen molar-refractivity contribution in [2.45, 2.75) is 19.1 Å². The topological polar surface area (TPSA) is 96.9 Å². The fourth-order valence-corrected chi connectivity index (χ4v) is 1.61. The predicted molar refractivity (Wildman–Crippen MR) is 74.8 cm³/mol. The second-order valence-corrected chi connectivity index (χ2v) is 4.33. The Hall–Kier alpha value is -0.730. The summed E-state index contributed by atoms with van der Waals surface area (Å²) >= 11 is 0. The minimum absolute atomic E-state index is 0.0162. The first-order chi connectivity index (χ1) is 9.13. The molecule has 0 aromatic rings. The van der Waals surface area contributed by atoms with Gasteiger partial charge >= 0.3 is 0 Å². The third kappa shape index (κ3) is 10.8.